The number of halogens is 1. The zero-order valence-electron chi connectivity index (χ0n) is 12.5. The molecule has 4 fully saturated rings. The van der Waals surface area contributed by atoms with Crippen molar-refractivity contribution in [2.75, 3.05) is 0 Å². The third-order valence-corrected chi connectivity index (χ3v) is 6.55. The molecule has 22 heavy (non-hydrogen) atoms. The maximum absolute atomic E-state index is 5.76. The fourth-order valence-electron chi connectivity index (χ4n) is 5.53. The Morgan fingerprint density at radius 2 is 1.55 bits per heavy atom. The molecule has 4 saturated carbocycles. The molecule has 4 bridgehead atoms. The average molecular weight is 359 g/mol. The van der Waals surface area contributed by atoms with E-state index in [0.717, 1.165) is 39.5 Å². The Balaban J connectivity index is 1.50. The van der Waals surface area contributed by atoms with Crippen molar-refractivity contribution in [3.8, 4) is 11.4 Å². The highest BCUT2D eigenvalue weighted by Gasteiger charge is 2.54. The molecular formula is C18H19BrN2O. The van der Waals surface area contributed by atoms with Gasteiger partial charge in [-0.05, 0) is 80.5 Å². The van der Waals surface area contributed by atoms with Crippen molar-refractivity contribution in [3.05, 3.63) is 34.6 Å². The highest BCUT2D eigenvalue weighted by molar-refractivity contribution is 9.10. The second kappa shape index (κ2) is 4.67. The van der Waals surface area contributed by atoms with Gasteiger partial charge in [0.1, 0.15) is 0 Å². The van der Waals surface area contributed by atoms with E-state index in [9.17, 15) is 0 Å². The van der Waals surface area contributed by atoms with Crippen LogP contribution in [0.3, 0.4) is 0 Å². The van der Waals surface area contributed by atoms with Gasteiger partial charge in [-0.2, -0.15) is 4.98 Å². The van der Waals surface area contributed by atoms with Crippen LogP contribution < -0.4 is 0 Å². The van der Waals surface area contributed by atoms with Gasteiger partial charge in [0.25, 0.3) is 0 Å². The van der Waals surface area contributed by atoms with E-state index in [-0.39, 0.29) is 5.41 Å². The topological polar surface area (TPSA) is 38.9 Å². The van der Waals surface area contributed by atoms with Crippen LogP contribution in [0.1, 0.15) is 44.4 Å². The smallest absolute Gasteiger partial charge is 0.233 e. The molecule has 0 aliphatic heterocycles. The van der Waals surface area contributed by atoms with Crippen LogP contribution >= 0.6 is 15.9 Å². The zero-order chi connectivity index (χ0) is 14.7. The molecule has 6 rings (SSSR count). The van der Waals surface area contributed by atoms with Crippen molar-refractivity contribution in [1.82, 2.24) is 10.1 Å². The highest BCUT2D eigenvalue weighted by Crippen LogP contribution is 2.60. The molecule has 0 unspecified atom stereocenters. The summed E-state index contributed by atoms with van der Waals surface area (Å²) in [4.78, 5) is 4.81. The van der Waals surface area contributed by atoms with E-state index in [2.05, 4.69) is 21.1 Å². The van der Waals surface area contributed by atoms with Gasteiger partial charge in [0.15, 0.2) is 0 Å². The minimum atomic E-state index is 0.190. The maximum Gasteiger partial charge on any atom is 0.233 e. The molecule has 0 N–H and O–H groups in total. The largest absolute Gasteiger partial charge is 0.338 e. The van der Waals surface area contributed by atoms with Gasteiger partial charge in [0.2, 0.25) is 11.7 Å². The van der Waals surface area contributed by atoms with E-state index in [1.54, 1.807) is 0 Å². The molecule has 1 heterocycles. The lowest BCUT2D eigenvalue weighted by Gasteiger charge is -2.55. The standard InChI is InChI=1S/C18H19BrN2O/c19-15-3-1-14(2-4-15)16-20-17(22-21-16)18-8-11-5-12(9-18)7-13(6-11)10-18/h1-4,11-13H,5-10H2. The van der Waals surface area contributed by atoms with E-state index in [4.69, 9.17) is 9.51 Å². The monoisotopic (exact) mass is 358 g/mol. The van der Waals surface area contributed by atoms with Crippen LogP contribution in [0.4, 0.5) is 0 Å². The number of benzene rings is 1. The Kier molecular flexibility index (Phi) is 2.82. The normalized spacial score (nSPS) is 36.0. The molecule has 0 amide bonds. The van der Waals surface area contributed by atoms with Crippen LogP contribution in [0.5, 0.6) is 0 Å². The SMILES string of the molecule is Brc1ccc(-c2noc(C34CC5CC(CC(C5)C3)C4)n2)cc1. The molecule has 4 heteroatoms. The molecule has 0 atom stereocenters. The first-order valence-electron chi connectivity index (χ1n) is 8.30. The summed E-state index contributed by atoms with van der Waals surface area (Å²) in [6.07, 6.45) is 8.11. The van der Waals surface area contributed by atoms with Crippen molar-refractivity contribution >= 4 is 15.9 Å². The second-order valence-corrected chi connectivity index (χ2v) is 8.54. The molecule has 114 valence electrons. The molecule has 1 aromatic heterocycles. The third-order valence-electron chi connectivity index (χ3n) is 6.02. The van der Waals surface area contributed by atoms with Gasteiger partial charge in [0, 0.05) is 10.0 Å². The lowest BCUT2D eigenvalue weighted by Crippen LogP contribution is -2.48. The fourth-order valence-corrected chi connectivity index (χ4v) is 5.79. The quantitative estimate of drug-likeness (QED) is 0.760. The number of aromatic nitrogens is 2. The van der Waals surface area contributed by atoms with E-state index < -0.39 is 0 Å². The average Bonchev–Trinajstić information content (AvgIpc) is 2.97. The lowest BCUT2D eigenvalue weighted by atomic mass is 9.49. The molecule has 4 aliphatic carbocycles. The highest BCUT2D eigenvalue weighted by atomic mass is 79.9. The first kappa shape index (κ1) is 13.3. The second-order valence-electron chi connectivity index (χ2n) is 7.63. The van der Waals surface area contributed by atoms with Crippen molar-refractivity contribution in [2.45, 2.75) is 43.9 Å². The van der Waals surface area contributed by atoms with Crippen LogP contribution in [0.2, 0.25) is 0 Å². The van der Waals surface area contributed by atoms with E-state index in [1.165, 1.54) is 38.5 Å². The van der Waals surface area contributed by atoms with Crippen LogP contribution in [-0.2, 0) is 5.41 Å². The van der Waals surface area contributed by atoms with Gasteiger partial charge in [-0.1, -0.05) is 21.1 Å². The van der Waals surface area contributed by atoms with E-state index >= 15 is 0 Å². The van der Waals surface area contributed by atoms with Gasteiger partial charge in [-0.25, -0.2) is 0 Å². The minimum absolute atomic E-state index is 0.190. The molecule has 0 radical (unpaired) electrons. The summed E-state index contributed by atoms with van der Waals surface area (Å²) in [5.41, 5.74) is 1.22. The molecule has 4 aliphatic rings. The summed E-state index contributed by atoms with van der Waals surface area (Å²) in [6, 6.07) is 8.13. The van der Waals surface area contributed by atoms with Crippen molar-refractivity contribution in [3.63, 3.8) is 0 Å². The van der Waals surface area contributed by atoms with Crippen LogP contribution in [0.25, 0.3) is 11.4 Å². The number of hydrogen-bond acceptors (Lipinski definition) is 3. The molecule has 3 nitrogen and oxygen atoms in total. The Morgan fingerprint density at radius 1 is 0.955 bits per heavy atom. The molecule has 0 saturated heterocycles. The maximum atomic E-state index is 5.76. The summed E-state index contributed by atoms with van der Waals surface area (Å²) in [7, 11) is 0. The van der Waals surface area contributed by atoms with Gasteiger partial charge in [0.05, 0.1) is 5.41 Å². The van der Waals surface area contributed by atoms with Crippen molar-refractivity contribution in [1.29, 1.82) is 0 Å². The van der Waals surface area contributed by atoms with Crippen molar-refractivity contribution in [2.24, 2.45) is 17.8 Å². The predicted octanol–water partition coefficient (Wildman–Crippen LogP) is 4.97. The Bertz CT molecular complexity index is 671. The van der Waals surface area contributed by atoms with Crippen LogP contribution in [-0.4, -0.2) is 10.1 Å². The Hall–Kier alpha value is -1.16. The van der Waals surface area contributed by atoms with Gasteiger partial charge < -0.3 is 4.52 Å². The van der Waals surface area contributed by atoms with Crippen LogP contribution in [0, 0.1) is 17.8 Å². The Labute approximate surface area is 138 Å². The molecule has 1 aromatic carbocycles. The predicted molar refractivity (Wildman–Crippen MR) is 87.3 cm³/mol. The summed E-state index contributed by atoms with van der Waals surface area (Å²) in [6.45, 7) is 0. The number of nitrogens with zero attached hydrogens (tertiary/aromatic N) is 2. The van der Waals surface area contributed by atoms with E-state index in [0.29, 0.717) is 0 Å². The van der Waals surface area contributed by atoms with E-state index in [1.807, 2.05) is 24.3 Å². The van der Waals surface area contributed by atoms with Gasteiger partial charge >= 0.3 is 0 Å². The summed E-state index contributed by atoms with van der Waals surface area (Å²) >= 11 is 3.47. The van der Waals surface area contributed by atoms with Gasteiger partial charge in [-0.15, -0.1) is 0 Å². The summed E-state index contributed by atoms with van der Waals surface area (Å²) in [5, 5.41) is 4.27. The zero-order valence-corrected chi connectivity index (χ0v) is 14.1. The first-order chi connectivity index (χ1) is 10.7. The van der Waals surface area contributed by atoms with Crippen LogP contribution in [0.15, 0.2) is 33.3 Å². The Morgan fingerprint density at radius 3 is 2.14 bits per heavy atom. The van der Waals surface area contributed by atoms with Gasteiger partial charge in [-0.3, -0.25) is 0 Å². The summed E-state index contributed by atoms with van der Waals surface area (Å²) < 4.78 is 6.83. The minimum Gasteiger partial charge on any atom is -0.338 e. The molecule has 2 aromatic rings. The van der Waals surface area contributed by atoms with Crippen molar-refractivity contribution < 1.29 is 4.52 Å². The fraction of sp³-hybridized carbons (Fsp3) is 0.556. The number of hydrogen-bond donors (Lipinski definition) is 0. The lowest BCUT2D eigenvalue weighted by molar-refractivity contribution is -0.0201. The molecule has 0 spiro atoms. The third kappa shape index (κ3) is 1.99. The molecular weight excluding hydrogens is 340 g/mol. The number of rotatable bonds is 2. The first-order valence-corrected chi connectivity index (χ1v) is 9.10. The summed E-state index contributed by atoms with van der Waals surface area (Å²) in [5.74, 6) is 4.33.